The van der Waals surface area contributed by atoms with Gasteiger partial charge in [0.05, 0.1) is 12.3 Å². The zero-order valence-electron chi connectivity index (χ0n) is 18.9. The quantitative estimate of drug-likeness (QED) is 0.466. The summed E-state index contributed by atoms with van der Waals surface area (Å²) >= 11 is -0.681. The van der Waals surface area contributed by atoms with Crippen LogP contribution in [0.4, 0.5) is 10.1 Å². The Morgan fingerprint density at radius 3 is 2.62 bits per heavy atom. The van der Waals surface area contributed by atoms with Crippen molar-refractivity contribution < 1.29 is 18.5 Å². The molecule has 178 valence electrons. The van der Waals surface area contributed by atoms with E-state index in [0.29, 0.717) is 36.1 Å². The summed E-state index contributed by atoms with van der Waals surface area (Å²) in [4.78, 5) is 17.0. The SMILES string of the molecule is O=C(Nc1ccc2cc(CN[C@H]3CC[S@+]([O-])CC3)cnc2c1F)c1ccc(OCC2CC2)cc1. The number of nitrogens with zero attached hydrogens (tertiary/aromatic N) is 1. The third kappa shape index (κ3) is 5.68. The maximum Gasteiger partial charge on any atom is 0.255 e. The van der Waals surface area contributed by atoms with E-state index >= 15 is 4.39 Å². The van der Waals surface area contributed by atoms with Crippen molar-refractivity contribution in [3.8, 4) is 5.75 Å². The molecule has 2 aromatic carbocycles. The Morgan fingerprint density at radius 2 is 1.88 bits per heavy atom. The van der Waals surface area contributed by atoms with Crippen molar-refractivity contribution in [3.63, 3.8) is 0 Å². The maximum atomic E-state index is 15.1. The van der Waals surface area contributed by atoms with E-state index < -0.39 is 17.0 Å². The van der Waals surface area contributed by atoms with E-state index in [4.69, 9.17) is 4.74 Å². The lowest BCUT2D eigenvalue weighted by molar-refractivity contribution is 0.102. The molecule has 1 saturated carbocycles. The molecule has 1 aromatic heterocycles. The first kappa shape index (κ1) is 23.1. The number of pyridine rings is 1. The van der Waals surface area contributed by atoms with E-state index in [-0.39, 0.29) is 17.1 Å². The van der Waals surface area contributed by atoms with Gasteiger partial charge >= 0.3 is 0 Å². The number of carbonyl (C=O) groups is 1. The van der Waals surface area contributed by atoms with Crippen LogP contribution in [-0.2, 0) is 17.7 Å². The number of halogens is 1. The monoisotopic (exact) mass is 481 g/mol. The molecule has 2 heterocycles. The number of aromatic nitrogens is 1. The zero-order valence-corrected chi connectivity index (χ0v) is 19.7. The Labute approximate surface area is 201 Å². The third-order valence-electron chi connectivity index (χ3n) is 6.38. The second-order valence-corrected chi connectivity index (χ2v) is 10.8. The van der Waals surface area contributed by atoms with Gasteiger partial charge in [0.25, 0.3) is 5.91 Å². The second kappa shape index (κ2) is 10.3. The van der Waals surface area contributed by atoms with E-state index in [1.54, 1.807) is 42.6 Å². The van der Waals surface area contributed by atoms with E-state index in [1.807, 2.05) is 6.07 Å². The maximum absolute atomic E-state index is 15.1. The Hall–Kier alpha value is -2.68. The highest BCUT2D eigenvalue weighted by atomic mass is 32.2. The number of amides is 1. The number of benzene rings is 2. The summed E-state index contributed by atoms with van der Waals surface area (Å²) in [7, 11) is 0. The molecule has 0 radical (unpaired) electrons. The lowest BCUT2D eigenvalue weighted by atomic mass is 10.1. The fraction of sp³-hybridized carbons (Fsp3) is 0.385. The molecule has 8 heteroatoms. The van der Waals surface area contributed by atoms with Crippen LogP contribution in [0.5, 0.6) is 5.75 Å². The minimum atomic E-state index is -0.681. The molecule has 0 unspecified atom stereocenters. The molecule has 0 atom stereocenters. The zero-order chi connectivity index (χ0) is 23.5. The Kier molecular flexibility index (Phi) is 6.99. The van der Waals surface area contributed by atoms with Gasteiger partial charge in [0.2, 0.25) is 0 Å². The van der Waals surface area contributed by atoms with Gasteiger partial charge in [0.1, 0.15) is 22.8 Å². The highest BCUT2D eigenvalue weighted by Gasteiger charge is 2.22. The average molecular weight is 482 g/mol. The molecule has 1 amide bonds. The Bertz CT molecular complexity index is 1160. The predicted molar refractivity (Wildman–Crippen MR) is 132 cm³/mol. The molecule has 2 aliphatic rings. The van der Waals surface area contributed by atoms with Crippen molar-refractivity contribution in [2.75, 3.05) is 23.4 Å². The predicted octanol–water partition coefficient (Wildman–Crippen LogP) is 4.42. The number of anilines is 1. The molecule has 0 bridgehead atoms. The summed E-state index contributed by atoms with van der Waals surface area (Å²) in [6, 6.07) is 12.5. The van der Waals surface area contributed by atoms with Crippen LogP contribution in [0.15, 0.2) is 48.7 Å². The lowest BCUT2D eigenvalue weighted by Crippen LogP contribution is -2.37. The number of carbonyl (C=O) groups excluding carboxylic acids is 1. The van der Waals surface area contributed by atoms with Crippen LogP contribution in [0.3, 0.4) is 0 Å². The van der Waals surface area contributed by atoms with Gasteiger partial charge in [-0.25, -0.2) is 4.39 Å². The summed E-state index contributed by atoms with van der Waals surface area (Å²) in [5, 5.41) is 6.81. The Morgan fingerprint density at radius 1 is 1.12 bits per heavy atom. The van der Waals surface area contributed by atoms with Gasteiger partial charge in [-0.05, 0) is 60.7 Å². The molecular weight excluding hydrogens is 453 g/mol. The third-order valence-corrected chi connectivity index (χ3v) is 7.76. The number of nitrogens with one attached hydrogen (secondary N) is 2. The number of hydrogen-bond acceptors (Lipinski definition) is 5. The van der Waals surface area contributed by atoms with Gasteiger partial charge in [-0.3, -0.25) is 9.78 Å². The molecule has 0 spiro atoms. The highest BCUT2D eigenvalue weighted by Crippen LogP contribution is 2.30. The minimum Gasteiger partial charge on any atom is -0.616 e. The highest BCUT2D eigenvalue weighted by molar-refractivity contribution is 7.91. The smallest absolute Gasteiger partial charge is 0.255 e. The van der Waals surface area contributed by atoms with Crippen molar-refractivity contribution in [2.45, 2.75) is 38.3 Å². The molecule has 5 rings (SSSR count). The molecule has 2 fully saturated rings. The molecular formula is C26H28FN3O3S. The molecule has 1 aliphatic carbocycles. The Balaban J connectivity index is 1.21. The number of ether oxygens (including phenoxy) is 1. The van der Waals surface area contributed by atoms with Crippen LogP contribution in [0.25, 0.3) is 10.9 Å². The van der Waals surface area contributed by atoms with E-state index in [2.05, 4.69) is 15.6 Å². The van der Waals surface area contributed by atoms with E-state index in [0.717, 1.165) is 35.7 Å². The van der Waals surface area contributed by atoms with Crippen molar-refractivity contribution in [2.24, 2.45) is 5.92 Å². The lowest BCUT2D eigenvalue weighted by Gasteiger charge is -2.25. The minimum absolute atomic E-state index is 0.0974. The van der Waals surface area contributed by atoms with Gasteiger partial charge in [0, 0.05) is 42.6 Å². The van der Waals surface area contributed by atoms with Gasteiger partial charge in [-0.2, -0.15) is 0 Å². The van der Waals surface area contributed by atoms with Crippen LogP contribution >= 0.6 is 0 Å². The molecule has 34 heavy (non-hydrogen) atoms. The van der Waals surface area contributed by atoms with Crippen LogP contribution < -0.4 is 15.4 Å². The molecule has 1 saturated heterocycles. The van der Waals surface area contributed by atoms with Crippen molar-refractivity contribution in [1.82, 2.24) is 10.3 Å². The van der Waals surface area contributed by atoms with E-state index in [9.17, 15) is 9.35 Å². The number of fused-ring (bicyclic) bond motifs is 1. The summed E-state index contributed by atoms with van der Waals surface area (Å²) in [6.45, 7) is 1.34. The fourth-order valence-electron chi connectivity index (χ4n) is 4.06. The van der Waals surface area contributed by atoms with Crippen LogP contribution in [0.2, 0.25) is 0 Å². The molecule has 6 nitrogen and oxygen atoms in total. The van der Waals surface area contributed by atoms with Gasteiger partial charge in [0.15, 0.2) is 5.82 Å². The van der Waals surface area contributed by atoms with Gasteiger partial charge in [-0.1, -0.05) is 17.2 Å². The summed E-state index contributed by atoms with van der Waals surface area (Å²) in [6.07, 6.45) is 5.90. The first-order valence-corrected chi connectivity index (χ1v) is 13.2. The van der Waals surface area contributed by atoms with Crippen LogP contribution in [0.1, 0.15) is 41.6 Å². The standard InChI is InChI=1S/C26H28FN3O3S/c27-24-23(30-26(31)19-3-6-22(7-4-19)33-16-17-1-2-17)8-5-20-13-18(15-29-25(20)24)14-28-21-9-11-34(32)12-10-21/h3-8,13,15,17,21,28H,1-2,9-12,14,16H2,(H,30,31)/t21-,34-. The summed E-state index contributed by atoms with van der Waals surface area (Å²) in [5.74, 6) is 1.93. The number of hydrogen-bond donors (Lipinski definition) is 2. The van der Waals surface area contributed by atoms with Gasteiger partial charge < -0.3 is 19.9 Å². The summed E-state index contributed by atoms with van der Waals surface area (Å²) in [5.41, 5.74) is 1.71. The van der Waals surface area contributed by atoms with Crippen LogP contribution in [0, 0.1) is 11.7 Å². The molecule has 1 aliphatic heterocycles. The van der Waals surface area contributed by atoms with Gasteiger partial charge in [-0.15, -0.1) is 0 Å². The average Bonchev–Trinajstić information content (AvgIpc) is 3.69. The van der Waals surface area contributed by atoms with Crippen LogP contribution in [-0.4, -0.2) is 39.6 Å². The number of rotatable bonds is 8. The topological polar surface area (TPSA) is 86.3 Å². The largest absolute Gasteiger partial charge is 0.616 e. The van der Waals surface area contributed by atoms with Crippen molar-refractivity contribution in [3.05, 3.63) is 65.6 Å². The van der Waals surface area contributed by atoms with Crippen molar-refractivity contribution >= 4 is 33.7 Å². The summed E-state index contributed by atoms with van der Waals surface area (Å²) < 4.78 is 32.3. The molecule has 2 N–H and O–H groups in total. The normalized spacial score (nSPS) is 20.3. The van der Waals surface area contributed by atoms with Crippen molar-refractivity contribution in [1.29, 1.82) is 0 Å². The molecule has 3 aromatic rings. The first-order chi connectivity index (χ1) is 16.5. The first-order valence-electron chi connectivity index (χ1n) is 11.7. The van der Waals surface area contributed by atoms with E-state index in [1.165, 1.54) is 12.8 Å². The fourth-order valence-corrected chi connectivity index (χ4v) is 5.36. The second-order valence-electron chi connectivity index (χ2n) is 9.08.